The third kappa shape index (κ3) is 3.72. The molecule has 8 heteroatoms. The Balaban J connectivity index is 1.67. The third-order valence-corrected chi connectivity index (χ3v) is 7.44. The Bertz CT molecular complexity index is 924. The molecule has 1 saturated heterocycles. The van der Waals surface area contributed by atoms with Gasteiger partial charge in [0.25, 0.3) is 5.91 Å². The minimum Gasteiger partial charge on any atom is -0.335 e. The Morgan fingerprint density at radius 3 is 2.04 bits per heavy atom. The molecule has 0 bridgehead atoms. The van der Waals surface area contributed by atoms with Crippen LogP contribution in [0.2, 0.25) is 0 Å². The summed E-state index contributed by atoms with van der Waals surface area (Å²) >= 11 is 1.17. The lowest BCUT2D eigenvalue weighted by Crippen LogP contribution is -2.50. The number of Topliss-reactive ketones (excluding diaryl/α,β-unsaturated/α-hetero) is 1. The zero-order chi connectivity index (χ0) is 18.9. The molecule has 0 saturated carbocycles. The van der Waals surface area contributed by atoms with Crippen LogP contribution >= 0.6 is 11.3 Å². The number of piperazine rings is 1. The number of amides is 1. The summed E-state index contributed by atoms with van der Waals surface area (Å²) in [4.78, 5) is 26.9. The molecule has 0 unspecified atom stereocenters. The Morgan fingerprint density at radius 2 is 1.50 bits per heavy atom. The molecular formula is C18H20N2O4S2. The highest BCUT2D eigenvalue weighted by Gasteiger charge is 2.30. The van der Waals surface area contributed by atoms with Crippen molar-refractivity contribution < 1.29 is 18.0 Å². The number of nitrogens with zero attached hydrogens (tertiary/aromatic N) is 2. The van der Waals surface area contributed by atoms with E-state index in [9.17, 15) is 18.0 Å². The lowest BCUT2D eigenvalue weighted by atomic mass is 10.2. The summed E-state index contributed by atoms with van der Waals surface area (Å²) in [5.41, 5.74) is 1.00. The lowest BCUT2D eigenvalue weighted by Gasteiger charge is -2.33. The van der Waals surface area contributed by atoms with Crippen LogP contribution in [0.25, 0.3) is 0 Å². The van der Waals surface area contributed by atoms with Gasteiger partial charge in [0, 0.05) is 26.2 Å². The van der Waals surface area contributed by atoms with Crippen LogP contribution in [0.5, 0.6) is 0 Å². The maximum absolute atomic E-state index is 12.7. The van der Waals surface area contributed by atoms with Crippen molar-refractivity contribution in [1.82, 2.24) is 9.21 Å². The third-order valence-electron chi connectivity index (χ3n) is 4.35. The molecule has 0 N–H and O–H groups in total. The molecule has 0 spiro atoms. The number of aryl methyl sites for hydroxylation is 1. The van der Waals surface area contributed by atoms with Gasteiger partial charge >= 0.3 is 0 Å². The molecule has 138 valence electrons. The summed E-state index contributed by atoms with van der Waals surface area (Å²) in [5.74, 6) is -0.224. The van der Waals surface area contributed by atoms with Gasteiger partial charge in [0.2, 0.25) is 10.0 Å². The first-order valence-corrected chi connectivity index (χ1v) is 10.5. The average molecular weight is 393 g/mol. The predicted octanol–water partition coefficient (Wildman–Crippen LogP) is 2.41. The molecule has 1 aliphatic rings. The van der Waals surface area contributed by atoms with E-state index in [-0.39, 0.29) is 29.7 Å². The molecule has 2 aromatic rings. The van der Waals surface area contributed by atoms with Crippen LogP contribution in [-0.4, -0.2) is 55.5 Å². The van der Waals surface area contributed by atoms with Gasteiger partial charge in [-0.1, -0.05) is 17.7 Å². The van der Waals surface area contributed by atoms with E-state index < -0.39 is 10.0 Å². The first-order valence-electron chi connectivity index (χ1n) is 8.26. The Labute approximate surface area is 157 Å². The van der Waals surface area contributed by atoms with E-state index >= 15 is 0 Å². The van der Waals surface area contributed by atoms with Gasteiger partial charge in [0.1, 0.15) is 0 Å². The highest BCUT2D eigenvalue weighted by Crippen LogP contribution is 2.22. The van der Waals surface area contributed by atoms with Crippen LogP contribution in [0.4, 0.5) is 0 Å². The summed E-state index contributed by atoms with van der Waals surface area (Å²) in [7, 11) is -3.55. The molecule has 6 nitrogen and oxygen atoms in total. The number of thiophene rings is 1. The van der Waals surface area contributed by atoms with Crippen molar-refractivity contribution in [2.24, 2.45) is 0 Å². The number of hydrogen-bond acceptors (Lipinski definition) is 5. The quantitative estimate of drug-likeness (QED) is 0.749. The van der Waals surface area contributed by atoms with E-state index in [0.29, 0.717) is 22.8 Å². The van der Waals surface area contributed by atoms with Crippen molar-refractivity contribution in [3.8, 4) is 0 Å². The Kier molecular flexibility index (Phi) is 5.27. The molecule has 0 aliphatic carbocycles. The van der Waals surface area contributed by atoms with Gasteiger partial charge in [-0.25, -0.2) is 8.42 Å². The molecule has 1 aromatic heterocycles. The number of carbonyl (C=O) groups excluding carboxylic acids is 2. The highest BCUT2D eigenvalue weighted by atomic mass is 32.2. The topological polar surface area (TPSA) is 74.8 Å². The fraction of sp³-hybridized carbons (Fsp3) is 0.333. The summed E-state index contributed by atoms with van der Waals surface area (Å²) in [6.07, 6.45) is 0. The molecule has 0 radical (unpaired) electrons. The van der Waals surface area contributed by atoms with Crippen LogP contribution in [0.15, 0.2) is 41.3 Å². The molecular weight excluding hydrogens is 372 g/mol. The van der Waals surface area contributed by atoms with Crippen molar-refractivity contribution in [2.75, 3.05) is 26.2 Å². The minimum absolute atomic E-state index is 0.0666. The largest absolute Gasteiger partial charge is 0.335 e. The smallest absolute Gasteiger partial charge is 0.264 e. The first-order chi connectivity index (χ1) is 12.3. The van der Waals surface area contributed by atoms with E-state index in [1.165, 1.54) is 22.6 Å². The first kappa shape index (κ1) is 18.8. The molecule has 2 heterocycles. The highest BCUT2D eigenvalue weighted by molar-refractivity contribution is 7.89. The van der Waals surface area contributed by atoms with Crippen LogP contribution in [-0.2, 0) is 10.0 Å². The Morgan fingerprint density at radius 1 is 0.923 bits per heavy atom. The number of sulfonamides is 1. The van der Waals surface area contributed by atoms with E-state index in [4.69, 9.17) is 0 Å². The summed E-state index contributed by atoms with van der Waals surface area (Å²) in [5, 5.41) is 0. The second-order valence-electron chi connectivity index (χ2n) is 6.23. The second kappa shape index (κ2) is 7.30. The second-order valence-corrected chi connectivity index (χ2v) is 9.25. The van der Waals surface area contributed by atoms with Gasteiger partial charge in [0.05, 0.1) is 14.6 Å². The number of rotatable bonds is 4. The van der Waals surface area contributed by atoms with Gasteiger partial charge in [-0.2, -0.15) is 4.31 Å². The number of ketones is 1. The number of carbonyl (C=O) groups is 2. The van der Waals surface area contributed by atoms with Crippen molar-refractivity contribution >= 4 is 33.1 Å². The molecule has 1 aromatic carbocycles. The SMILES string of the molecule is CC(=O)c1ccc(C(=O)N2CCN(S(=O)(=O)c3ccc(C)cc3)CC2)s1. The van der Waals surface area contributed by atoms with Crippen molar-refractivity contribution in [2.45, 2.75) is 18.7 Å². The number of benzene rings is 1. The summed E-state index contributed by atoms with van der Waals surface area (Å²) in [6.45, 7) is 4.55. The molecule has 1 aliphatic heterocycles. The van der Waals surface area contributed by atoms with E-state index in [1.54, 1.807) is 41.3 Å². The van der Waals surface area contributed by atoms with Crippen LogP contribution in [0.3, 0.4) is 0 Å². The minimum atomic E-state index is -3.55. The lowest BCUT2D eigenvalue weighted by molar-refractivity contribution is 0.0702. The zero-order valence-electron chi connectivity index (χ0n) is 14.6. The molecule has 1 fully saturated rings. The van der Waals surface area contributed by atoms with Crippen molar-refractivity contribution in [3.63, 3.8) is 0 Å². The van der Waals surface area contributed by atoms with Crippen molar-refractivity contribution in [3.05, 3.63) is 51.7 Å². The fourth-order valence-corrected chi connectivity index (χ4v) is 5.08. The van der Waals surface area contributed by atoms with Crippen molar-refractivity contribution in [1.29, 1.82) is 0 Å². The Hall–Kier alpha value is -2.03. The zero-order valence-corrected chi connectivity index (χ0v) is 16.3. The van der Waals surface area contributed by atoms with Crippen LogP contribution < -0.4 is 0 Å². The predicted molar refractivity (Wildman–Crippen MR) is 100 cm³/mol. The van der Waals surface area contributed by atoms with Gasteiger partial charge in [-0.3, -0.25) is 9.59 Å². The van der Waals surface area contributed by atoms with E-state index in [1.807, 2.05) is 6.92 Å². The van der Waals surface area contributed by atoms with Crippen LogP contribution in [0.1, 0.15) is 31.8 Å². The standard InChI is InChI=1S/C18H20N2O4S2/c1-13-3-5-15(6-4-13)26(23,24)20-11-9-19(10-12-20)18(22)17-8-7-16(25-17)14(2)21/h3-8H,9-12H2,1-2H3. The van der Waals surface area contributed by atoms with Crippen LogP contribution in [0, 0.1) is 6.92 Å². The van der Waals surface area contributed by atoms with E-state index in [2.05, 4.69) is 0 Å². The van der Waals surface area contributed by atoms with E-state index in [0.717, 1.165) is 5.56 Å². The maximum atomic E-state index is 12.7. The van der Waals surface area contributed by atoms with Gasteiger partial charge in [0.15, 0.2) is 5.78 Å². The normalized spacial score (nSPS) is 15.8. The monoisotopic (exact) mass is 392 g/mol. The van der Waals surface area contributed by atoms with Gasteiger partial charge < -0.3 is 4.90 Å². The molecule has 0 atom stereocenters. The summed E-state index contributed by atoms with van der Waals surface area (Å²) in [6, 6.07) is 10.1. The van der Waals surface area contributed by atoms with Gasteiger partial charge in [-0.05, 0) is 38.1 Å². The molecule has 3 rings (SSSR count). The molecule has 26 heavy (non-hydrogen) atoms. The molecule has 1 amide bonds. The van der Waals surface area contributed by atoms with Gasteiger partial charge in [-0.15, -0.1) is 11.3 Å². The number of hydrogen-bond donors (Lipinski definition) is 0. The average Bonchev–Trinajstić information content (AvgIpc) is 3.12. The fourth-order valence-electron chi connectivity index (χ4n) is 2.79. The summed E-state index contributed by atoms with van der Waals surface area (Å²) < 4.78 is 26.8. The maximum Gasteiger partial charge on any atom is 0.264 e.